The molecule has 0 spiro atoms. The summed E-state index contributed by atoms with van der Waals surface area (Å²) in [7, 11) is 0. The van der Waals surface area contributed by atoms with Gasteiger partial charge in [0.15, 0.2) is 0 Å². The molecular formula is C25H26N2O5. The lowest BCUT2D eigenvalue weighted by Crippen LogP contribution is -2.47. The van der Waals surface area contributed by atoms with Crippen LogP contribution in [0.1, 0.15) is 29.9 Å². The molecule has 32 heavy (non-hydrogen) atoms. The molecule has 0 saturated carbocycles. The van der Waals surface area contributed by atoms with E-state index in [4.69, 9.17) is 9.84 Å². The first kappa shape index (κ1) is 22.8. The second-order valence-corrected chi connectivity index (χ2v) is 7.37. The molecular weight excluding hydrogens is 408 g/mol. The third kappa shape index (κ3) is 5.63. The number of carboxylic acids is 1. The molecule has 2 amide bonds. The standard InChI is InChI=1S/C25H26N2O5/c1-2-3-13-22(24(30)26-15-8-14-23(28)29)27-25(31)32-16-21-19-11-6-4-9-17(19)18-10-5-7-12-20(18)21/h2,4-12,14,21-22H,1,3,13,15-16H2,(H,26,30)(H,27,31)(H,28,29)/b14-8+. The molecule has 166 valence electrons. The van der Waals surface area contributed by atoms with Gasteiger partial charge in [0.25, 0.3) is 0 Å². The van der Waals surface area contributed by atoms with Crippen molar-refractivity contribution >= 4 is 18.0 Å². The molecule has 1 unspecified atom stereocenters. The third-order valence-electron chi connectivity index (χ3n) is 5.27. The van der Waals surface area contributed by atoms with Gasteiger partial charge < -0.3 is 20.5 Å². The highest BCUT2D eigenvalue weighted by Gasteiger charge is 2.29. The van der Waals surface area contributed by atoms with Crippen LogP contribution in [0.4, 0.5) is 4.79 Å². The van der Waals surface area contributed by atoms with Crippen LogP contribution in [0, 0.1) is 0 Å². The number of hydrogen-bond acceptors (Lipinski definition) is 4. The van der Waals surface area contributed by atoms with Crippen LogP contribution in [-0.4, -0.2) is 42.3 Å². The molecule has 1 atom stereocenters. The van der Waals surface area contributed by atoms with Crippen molar-refractivity contribution in [3.63, 3.8) is 0 Å². The average Bonchev–Trinajstić information content (AvgIpc) is 3.11. The van der Waals surface area contributed by atoms with E-state index in [0.29, 0.717) is 12.8 Å². The van der Waals surface area contributed by atoms with E-state index in [0.717, 1.165) is 28.3 Å². The van der Waals surface area contributed by atoms with Crippen molar-refractivity contribution in [1.82, 2.24) is 10.6 Å². The van der Waals surface area contributed by atoms with Gasteiger partial charge in [-0.2, -0.15) is 0 Å². The Labute approximate surface area is 186 Å². The number of rotatable bonds is 10. The number of aliphatic carboxylic acids is 1. The van der Waals surface area contributed by atoms with E-state index < -0.39 is 24.0 Å². The number of carboxylic acid groups (broad SMARTS) is 1. The molecule has 1 aliphatic carbocycles. The first-order valence-electron chi connectivity index (χ1n) is 10.4. The van der Waals surface area contributed by atoms with Crippen LogP contribution in [0.2, 0.25) is 0 Å². The predicted molar refractivity (Wildman–Crippen MR) is 121 cm³/mol. The first-order valence-corrected chi connectivity index (χ1v) is 10.4. The maximum Gasteiger partial charge on any atom is 0.407 e. The second kappa shape index (κ2) is 10.9. The molecule has 0 heterocycles. The van der Waals surface area contributed by atoms with Crippen molar-refractivity contribution in [2.45, 2.75) is 24.8 Å². The molecule has 3 rings (SSSR count). The van der Waals surface area contributed by atoms with Gasteiger partial charge in [-0.1, -0.05) is 60.7 Å². The van der Waals surface area contributed by atoms with Crippen LogP contribution in [0.25, 0.3) is 11.1 Å². The summed E-state index contributed by atoms with van der Waals surface area (Å²) in [6.45, 7) is 3.84. The van der Waals surface area contributed by atoms with E-state index in [1.165, 1.54) is 6.08 Å². The van der Waals surface area contributed by atoms with E-state index in [2.05, 4.69) is 29.3 Å². The Morgan fingerprint density at radius 2 is 1.69 bits per heavy atom. The molecule has 7 heteroatoms. The smallest absolute Gasteiger partial charge is 0.407 e. The summed E-state index contributed by atoms with van der Waals surface area (Å²) < 4.78 is 5.51. The second-order valence-electron chi connectivity index (χ2n) is 7.37. The normalized spacial score (nSPS) is 13.1. The minimum absolute atomic E-state index is 0.0437. The molecule has 0 fully saturated rings. The molecule has 3 N–H and O–H groups in total. The summed E-state index contributed by atoms with van der Waals surface area (Å²) in [6.07, 6.45) is 4.10. The fourth-order valence-corrected chi connectivity index (χ4v) is 3.78. The van der Waals surface area contributed by atoms with E-state index in [-0.39, 0.29) is 19.1 Å². The molecule has 0 saturated heterocycles. The summed E-state index contributed by atoms with van der Waals surface area (Å²) in [5.74, 6) is -1.59. The Morgan fingerprint density at radius 1 is 1.06 bits per heavy atom. The van der Waals surface area contributed by atoms with E-state index in [1.54, 1.807) is 6.08 Å². The fraction of sp³-hybridized carbons (Fsp3) is 0.240. The predicted octanol–water partition coefficient (Wildman–Crippen LogP) is 3.62. The molecule has 0 radical (unpaired) electrons. The summed E-state index contributed by atoms with van der Waals surface area (Å²) in [4.78, 5) is 35.4. The van der Waals surface area contributed by atoms with Crippen molar-refractivity contribution in [1.29, 1.82) is 0 Å². The van der Waals surface area contributed by atoms with Crippen LogP contribution in [-0.2, 0) is 14.3 Å². The van der Waals surface area contributed by atoms with Gasteiger partial charge in [-0.05, 0) is 35.1 Å². The lowest BCUT2D eigenvalue weighted by atomic mass is 9.98. The number of ether oxygens (including phenoxy) is 1. The molecule has 2 aromatic carbocycles. The van der Waals surface area contributed by atoms with Gasteiger partial charge in [0.05, 0.1) is 0 Å². The van der Waals surface area contributed by atoms with Crippen LogP contribution in [0.15, 0.2) is 73.3 Å². The minimum Gasteiger partial charge on any atom is -0.478 e. The Kier molecular flexibility index (Phi) is 7.80. The zero-order chi connectivity index (χ0) is 22.9. The number of benzene rings is 2. The van der Waals surface area contributed by atoms with Crippen molar-refractivity contribution < 1.29 is 24.2 Å². The molecule has 0 bridgehead atoms. The maximum absolute atomic E-state index is 12.5. The van der Waals surface area contributed by atoms with Gasteiger partial charge in [-0.25, -0.2) is 9.59 Å². The number of nitrogens with one attached hydrogen (secondary N) is 2. The number of carbonyl (C=O) groups is 3. The lowest BCUT2D eigenvalue weighted by Gasteiger charge is -2.19. The van der Waals surface area contributed by atoms with Gasteiger partial charge in [-0.15, -0.1) is 6.58 Å². The number of hydrogen-bond donors (Lipinski definition) is 3. The van der Waals surface area contributed by atoms with Crippen molar-refractivity contribution in [2.24, 2.45) is 0 Å². The van der Waals surface area contributed by atoms with Crippen molar-refractivity contribution in [2.75, 3.05) is 13.2 Å². The Bertz CT molecular complexity index is 985. The first-order chi connectivity index (χ1) is 15.5. The Hall–Kier alpha value is -3.87. The van der Waals surface area contributed by atoms with Crippen LogP contribution >= 0.6 is 0 Å². The van der Waals surface area contributed by atoms with Gasteiger partial charge in [0.2, 0.25) is 5.91 Å². The van der Waals surface area contributed by atoms with E-state index in [9.17, 15) is 14.4 Å². The zero-order valence-electron chi connectivity index (χ0n) is 17.6. The number of allylic oxidation sites excluding steroid dienone is 1. The lowest BCUT2D eigenvalue weighted by molar-refractivity contribution is -0.131. The molecule has 7 nitrogen and oxygen atoms in total. The molecule has 0 aliphatic heterocycles. The molecule has 1 aliphatic rings. The number of amides is 2. The van der Waals surface area contributed by atoms with Crippen LogP contribution < -0.4 is 10.6 Å². The van der Waals surface area contributed by atoms with Gasteiger partial charge in [0, 0.05) is 18.5 Å². The summed E-state index contributed by atoms with van der Waals surface area (Å²) in [5, 5.41) is 13.8. The third-order valence-corrected chi connectivity index (χ3v) is 5.27. The zero-order valence-corrected chi connectivity index (χ0v) is 17.6. The van der Waals surface area contributed by atoms with Gasteiger partial charge in [-0.3, -0.25) is 4.79 Å². The minimum atomic E-state index is -1.10. The highest BCUT2D eigenvalue weighted by molar-refractivity contribution is 5.86. The average molecular weight is 434 g/mol. The fourth-order valence-electron chi connectivity index (χ4n) is 3.78. The quantitative estimate of drug-likeness (QED) is 0.391. The summed E-state index contributed by atoms with van der Waals surface area (Å²) >= 11 is 0. The SMILES string of the molecule is C=CCCC(NC(=O)OCC1c2ccccc2-c2ccccc21)C(=O)NC/C=C/C(=O)O. The van der Waals surface area contributed by atoms with Gasteiger partial charge >= 0.3 is 12.1 Å². The topological polar surface area (TPSA) is 105 Å². The number of carbonyl (C=O) groups excluding carboxylic acids is 2. The number of fused-ring (bicyclic) bond motifs is 3. The molecule has 2 aromatic rings. The molecule has 0 aromatic heterocycles. The monoisotopic (exact) mass is 434 g/mol. The van der Waals surface area contributed by atoms with Gasteiger partial charge in [0.1, 0.15) is 12.6 Å². The number of alkyl carbamates (subject to hydrolysis) is 1. The summed E-state index contributed by atoms with van der Waals surface area (Å²) in [6, 6.07) is 15.3. The van der Waals surface area contributed by atoms with Crippen molar-refractivity contribution in [3.05, 3.63) is 84.5 Å². The highest BCUT2D eigenvalue weighted by Crippen LogP contribution is 2.44. The maximum atomic E-state index is 12.5. The Balaban J connectivity index is 1.61. The van der Waals surface area contributed by atoms with E-state index >= 15 is 0 Å². The largest absolute Gasteiger partial charge is 0.478 e. The van der Waals surface area contributed by atoms with E-state index in [1.807, 2.05) is 36.4 Å². The Morgan fingerprint density at radius 3 is 2.28 bits per heavy atom. The highest BCUT2D eigenvalue weighted by atomic mass is 16.5. The summed E-state index contributed by atoms with van der Waals surface area (Å²) in [5.41, 5.74) is 4.48. The van der Waals surface area contributed by atoms with Crippen molar-refractivity contribution in [3.8, 4) is 11.1 Å². The van der Waals surface area contributed by atoms with Crippen LogP contribution in [0.3, 0.4) is 0 Å². The van der Waals surface area contributed by atoms with Crippen LogP contribution in [0.5, 0.6) is 0 Å².